The minimum atomic E-state index is -4.66. The summed E-state index contributed by atoms with van der Waals surface area (Å²) >= 11 is 1.07. The minimum Gasteiger partial charge on any atom is -0.508 e. The molecule has 192 valence electrons. The first-order chi connectivity index (χ1) is 17.7. The average molecular weight is 526 g/mol. The molecular weight excluding hydrogens is 499 g/mol. The van der Waals surface area contributed by atoms with Crippen molar-refractivity contribution in [2.75, 3.05) is 26.2 Å². The second kappa shape index (κ2) is 10.2. The van der Waals surface area contributed by atoms with Crippen molar-refractivity contribution in [1.82, 2.24) is 4.90 Å². The van der Waals surface area contributed by atoms with Crippen LogP contribution in [0.4, 0.5) is 13.2 Å². The number of hydrogen-bond acceptors (Lipinski definition) is 5. The summed E-state index contributed by atoms with van der Waals surface area (Å²) < 4.78 is 47.5. The van der Waals surface area contributed by atoms with Gasteiger partial charge < -0.3 is 9.84 Å². The van der Waals surface area contributed by atoms with Gasteiger partial charge in [0.05, 0.1) is 10.4 Å². The highest BCUT2D eigenvalue weighted by Crippen LogP contribution is 2.43. The molecule has 37 heavy (non-hydrogen) atoms. The van der Waals surface area contributed by atoms with Gasteiger partial charge in [-0.25, -0.2) is 0 Å². The number of thiophene rings is 1. The van der Waals surface area contributed by atoms with E-state index in [-0.39, 0.29) is 10.6 Å². The van der Waals surface area contributed by atoms with Gasteiger partial charge in [0.25, 0.3) is 0 Å². The quantitative estimate of drug-likeness (QED) is 0.258. The number of halogens is 3. The molecule has 2 heterocycles. The number of hydrogen-bond donors (Lipinski definition) is 1. The van der Waals surface area contributed by atoms with Gasteiger partial charge in [-0.3, -0.25) is 9.69 Å². The number of phenolic OH excluding ortho intramolecular Hbond substituents is 1. The molecule has 5 rings (SSSR count). The molecule has 0 saturated carbocycles. The van der Waals surface area contributed by atoms with E-state index in [0.29, 0.717) is 39.5 Å². The lowest BCUT2D eigenvalue weighted by molar-refractivity contribution is -0.137. The molecule has 0 spiro atoms. The van der Waals surface area contributed by atoms with Crippen LogP contribution in [-0.4, -0.2) is 42.0 Å². The van der Waals surface area contributed by atoms with Gasteiger partial charge in [-0.05, 0) is 60.8 Å². The first kappa shape index (κ1) is 25.3. The van der Waals surface area contributed by atoms with E-state index in [1.165, 1.54) is 36.8 Å². The van der Waals surface area contributed by atoms with Crippen molar-refractivity contribution in [2.24, 2.45) is 5.92 Å². The molecule has 0 aliphatic carbocycles. The molecule has 3 aromatic carbocycles. The molecule has 1 aliphatic rings. The lowest BCUT2D eigenvalue weighted by atomic mass is 9.96. The number of rotatable bonds is 7. The zero-order chi connectivity index (χ0) is 26.2. The number of likely N-dealkylation sites (tertiary alicyclic amines) is 1. The Labute approximate surface area is 216 Å². The molecule has 0 amide bonds. The molecule has 1 fully saturated rings. The van der Waals surface area contributed by atoms with Crippen molar-refractivity contribution in [1.29, 1.82) is 0 Å². The predicted octanol–water partition coefficient (Wildman–Crippen LogP) is 7.24. The van der Waals surface area contributed by atoms with Gasteiger partial charge in [0.15, 0.2) is 0 Å². The zero-order valence-corrected chi connectivity index (χ0v) is 21.0. The molecule has 1 atom stereocenters. The van der Waals surface area contributed by atoms with Gasteiger partial charge in [-0.2, -0.15) is 13.2 Å². The second-order valence-electron chi connectivity index (χ2n) is 9.43. The summed E-state index contributed by atoms with van der Waals surface area (Å²) in [6.07, 6.45) is -3.46. The van der Waals surface area contributed by atoms with E-state index in [1.54, 1.807) is 6.07 Å². The molecular formula is C29H26F3NO3S. The third-order valence-electron chi connectivity index (χ3n) is 6.68. The Bertz CT molecular complexity index is 1430. The third-order valence-corrected chi connectivity index (χ3v) is 7.84. The molecule has 0 unspecified atom stereocenters. The van der Waals surface area contributed by atoms with E-state index in [1.807, 2.05) is 24.3 Å². The number of carbonyl (C=O) groups is 1. The smallest absolute Gasteiger partial charge is 0.417 e. The fourth-order valence-corrected chi connectivity index (χ4v) is 6.03. The van der Waals surface area contributed by atoms with Crippen molar-refractivity contribution < 1.29 is 27.8 Å². The number of nitrogens with zero attached hydrogens (tertiary/aromatic N) is 1. The van der Waals surface area contributed by atoms with Crippen LogP contribution in [-0.2, 0) is 6.18 Å². The van der Waals surface area contributed by atoms with Crippen LogP contribution in [0.3, 0.4) is 0 Å². The van der Waals surface area contributed by atoms with Crippen LogP contribution in [0.15, 0.2) is 66.7 Å². The highest BCUT2D eigenvalue weighted by Gasteiger charge is 2.36. The monoisotopic (exact) mass is 525 g/mol. The summed E-state index contributed by atoms with van der Waals surface area (Å²) in [7, 11) is 0. The largest absolute Gasteiger partial charge is 0.508 e. The summed E-state index contributed by atoms with van der Waals surface area (Å²) in [5.74, 6) is 0.708. The number of phenols is 1. The van der Waals surface area contributed by atoms with Crippen LogP contribution in [0.1, 0.15) is 34.1 Å². The average Bonchev–Trinajstić information content (AvgIpc) is 3.46. The van der Waals surface area contributed by atoms with E-state index in [2.05, 4.69) is 11.8 Å². The summed E-state index contributed by atoms with van der Waals surface area (Å²) in [6, 6.07) is 16.8. The molecule has 1 aliphatic heterocycles. The third kappa shape index (κ3) is 5.36. The van der Waals surface area contributed by atoms with Gasteiger partial charge in [0.2, 0.25) is 5.78 Å². The highest BCUT2D eigenvalue weighted by atomic mass is 32.1. The van der Waals surface area contributed by atoms with E-state index >= 15 is 0 Å². The lowest BCUT2D eigenvalue weighted by Gasteiger charge is -2.16. The Hall–Kier alpha value is -3.36. The predicted molar refractivity (Wildman–Crippen MR) is 140 cm³/mol. The Kier molecular flexibility index (Phi) is 6.96. The van der Waals surface area contributed by atoms with Crippen molar-refractivity contribution in [2.45, 2.75) is 19.5 Å². The number of carbonyl (C=O) groups excluding carboxylic acids is 1. The summed E-state index contributed by atoms with van der Waals surface area (Å²) in [4.78, 5) is 16.1. The Morgan fingerprint density at radius 1 is 1.11 bits per heavy atom. The normalized spacial score (nSPS) is 16.4. The van der Waals surface area contributed by atoms with Crippen LogP contribution < -0.4 is 4.74 Å². The number of benzene rings is 3. The van der Waals surface area contributed by atoms with Crippen LogP contribution in [0.25, 0.3) is 21.2 Å². The Balaban J connectivity index is 1.47. The molecule has 4 nitrogen and oxygen atoms in total. The highest BCUT2D eigenvalue weighted by molar-refractivity contribution is 7.21. The number of fused-ring (bicyclic) bond motifs is 1. The maximum absolute atomic E-state index is 13.7. The van der Waals surface area contributed by atoms with Gasteiger partial charge in [-0.15, -0.1) is 11.3 Å². The van der Waals surface area contributed by atoms with E-state index in [9.17, 15) is 23.1 Å². The van der Waals surface area contributed by atoms with Crippen molar-refractivity contribution >= 4 is 27.2 Å². The van der Waals surface area contributed by atoms with Crippen LogP contribution >= 0.6 is 11.3 Å². The number of alkyl halides is 3. The standard InChI is InChI=1S/C29H26F3NO3S/c1-18-12-13-33(17-18)14-15-36-21-9-6-19(7-10-21)26-23-11-8-20(34)16-25(23)37-28(26)27(35)22-4-2-3-5-24(22)29(30,31)32/h2-11,16,18,34H,12-15,17H2,1H3/t18-/m1/s1. The molecule has 1 N–H and O–H groups in total. The maximum atomic E-state index is 13.7. The van der Waals surface area contributed by atoms with Gasteiger partial charge >= 0.3 is 6.18 Å². The van der Waals surface area contributed by atoms with Crippen molar-refractivity contribution in [3.63, 3.8) is 0 Å². The number of ketones is 1. The van der Waals surface area contributed by atoms with Crippen LogP contribution in [0.5, 0.6) is 11.5 Å². The van der Waals surface area contributed by atoms with Crippen LogP contribution in [0, 0.1) is 5.92 Å². The topological polar surface area (TPSA) is 49.8 Å². The first-order valence-electron chi connectivity index (χ1n) is 12.1. The van der Waals surface area contributed by atoms with Crippen molar-refractivity contribution in [3.05, 3.63) is 82.7 Å². The fraction of sp³-hybridized carbons (Fsp3) is 0.276. The van der Waals surface area contributed by atoms with Gasteiger partial charge in [-0.1, -0.05) is 37.3 Å². The number of aromatic hydroxyl groups is 1. The van der Waals surface area contributed by atoms with Crippen LogP contribution in [0.2, 0.25) is 0 Å². The first-order valence-corrected chi connectivity index (χ1v) is 12.9. The van der Waals surface area contributed by atoms with Gasteiger partial charge in [0, 0.05) is 34.3 Å². The fourth-order valence-electron chi connectivity index (χ4n) is 4.82. The summed E-state index contributed by atoms with van der Waals surface area (Å²) in [5, 5.41) is 10.7. The SMILES string of the molecule is C[C@@H]1CCN(CCOc2ccc(-c3c(C(=O)c4ccccc4C(F)(F)F)sc4cc(O)ccc34)cc2)C1. The van der Waals surface area contributed by atoms with E-state index < -0.39 is 23.1 Å². The second-order valence-corrected chi connectivity index (χ2v) is 10.5. The zero-order valence-electron chi connectivity index (χ0n) is 20.2. The molecule has 1 aromatic heterocycles. The van der Waals surface area contributed by atoms with E-state index in [0.717, 1.165) is 37.0 Å². The molecule has 0 bridgehead atoms. The molecule has 1 saturated heterocycles. The minimum absolute atomic E-state index is 0.0196. The Morgan fingerprint density at radius 3 is 2.57 bits per heavy atom. The molecule has 4 aromatic rings. The maximum Gasteiger partial charge on any atom is 0.417 e. The van der Waals surface area contributed by atoms with E-state index in [4.69, 9.17) is 4.74 Å². The van der Waals surface area contributed by atoms with Crippen molar-refractivity contribution in [3.8, 4) is 22.6 Å². The number of ether oxygens (including phenoxy) is 1. The lowest BCUT2D eigenvalue weighted by Crippen LogP contribution is -2.25. The molecule has 0 radical (unpaired) electrons. The van der Waals surface area contributed by atoms with Gasteiger partial charge in [0.1, 0.15) is 18.1 Å². The molecule has 8 heteroatoms. The summed E-state index contributed by atoms with van der Waals surface area (Å²) in [6.45, 7) is 5.82. The summed E-state index contributed by atoms with van der Waals surface area (Å²) in [5.41, 5.74) is -0.143. The Morgan fingerprint density at radius 2 is 1.86 bits per heavy atom.